The number of amides is 1. The Morgan fingerprint density at radius 2 is 1.81 bits per heavy atom. The maximum absolute atomic E-state index is 13.6. The molecule has 2 N–H and O–H groups in total. The molecule has 1 fully saturated rings. The summed E-state index contributed by atoms with van der Waals surface area (Å²) in [6.45, 7) is 6.15. The SMILES string of the molecule is CCOc1cc(C2/C(=C(/O)c3c[nH]c4ccccc34)C(=O)C(=O)N2c2cccc(C)c2C)ccc1OC. The van der Waals surface area contributed by atoms with E-state index in [1.165, 1.54) is 4.90 Å². The third kappa shape index (κ3) is 3.93. The standard InChI is InChI=1S/C30H28N2O5/c1-5-37-25-15-19(13-14-24(25)36-4)27-26(28(33)21-16-31-22-11-7-6-10-20(21)22)29(34)30(35)32(27)23-12-8-9-17(2)18(23)3/h6-16,27,31,33H,5H2,1-4H3/b28-26-. The van der Waals surface area contributed by atoms with Crippen LogP contribution in [0.15, 0.2) is 72.4 Å². The van der Waals surface area contributed by atoms with E-state index in [1.807, 2.05) is 63.2 Å². The normalized spacial score (nSPS) is 17.0. The number of benzene rings is 3. The van der Waals surface area contributed by atoms with Crippen molar-refractivity contribution in [1.29, 1.82) is 0 Å². The third-order valence-corrected chi connectivity index (χ3v) is 6.93. The number of ether oxygens (including phenoxy) is 2. The van der Waals surface area contributed by atoms with Gasteiger partial charge in [0.05, 0.1) is 25.3 Å². The van der Waals surface area contributed by atoms with Crippen LogP contribution in [0.3, 0.4) is 0 Å². The number of fused-ring (bicyclic) bond motifs is 1. The lowest BCUT2D eigenvalue weighted by molar-refractivity contribution is -0.132. The molecule has 0 saturated carbocycles. The molecular weight excluding hydrogens is 468 g/mol. The molecule has 7 heteroatoms. The molecule has 0 spiro atoms. The van der Waals surface area contributed by atoms with Gasteiger partial charge < -0.3 is 19.6 Å². The number of methoxy groups -OCH3 is 1. The minimum atomic E-state index is -0.876. The molecule has 4 aromatic rings. The van der Waals surface area contributed by atoms with Gasteiger partial charge in [0.2, 0.25) is 0 Å². The lowest BCUT2D eigenvalue weighted by Crippen LogP contribution is -2.30. The van der Waals surface area contributed by atoms with Crippen molar-refractivity contribution >= 4 is 34.0 Å². The Hall–Kier alpha value is -4.52. The monoisotopic (exact) mass is 496 g/mol. The van der Waals surface area contributed by atoms with E-state index < -0.39 is 17.7 Å². The molecule has 1 aromatic heterocycles. The van der Waals surface area contributed by atoms with Gasteiger partial charge in [-0.2, -0.15) is 0 Å². The molecule has 3 aromatic carbocycles. The molecule has 0 aliphatic carbocycles. The fourth-order valence-electron chi connectivity index (χ4n) is 4.94. The smallest absolute Gasteiger partial charge is 0.300 e. The van der Waals surface area contributed by atoms with Crippen molar-refractivity contribution in [1.82, 2.24) is 4.98 Å². The van der Waals surface area contributed by atoms with E-state index in [4.69, 9.17) is 9.47 Å². The zero-order valence-electron chi connectivity index (χ0n) is 21.2. The summed E-state index contributed by atoms with van der Waals surface area (Å²) in [5.41, 5.74) is 4.37. The fraction of sp³-hybridized carbons (Fsp3) is 0.200. The van der Waals surface area contributed by atoms with Gasteiger partial charge in [-0.15, -0.1) is 0 Å². The van der Waals surface area contributed by atoms with Crippen LogP contribution in [0.5, 0.6) is 11.5 Å². The van der Waals surface area contributed by atoms with Gasteiger partial charge >= 0.3 is 0 Å². The van der Waals surface area contributed by atoms with E-state index in [9.17, 15) is 14.7 Å². The van der Waals surface area contributed by atoms with Crippen molar-refractivity contribution in [3.05, 3.63) is 94.7 Å². The maximum Gasteiger partial charge on any atom is 0.300 e. The van der Waals surface area contributed by atoms with Gasteiger partial charge in [-0.25, -0.2) is 0 Å². The minimum absolute atomic E-state index is 0.0169. The highest BCUT2D eigenvalue weighted by molar-refractivity contribution is 6.52. The van der Waals surface area contributed by atoms with Crippen LogP contribution in [0, 0.1) is 13.8 Å². The second-order valence-electron chi connectivity index (χ2n) is 8.98. The van der Waals surface area contributed by atoms with Crippen molar-refractivity contribution < 1.29 is 24.2 Å². The predicted molar refractivity (Wildman–Crippen MR) is 143 cm³/mol. The van der Waals surface area contributed by atoms with E-state index in [-0.39, 0.29) is 11.3 Å². The number of rotatable bonds is 6. The number of aryl methyl sites for hydroxylation is 1. The van der Waals surface area contributed by atoms with Gasteiger partial charge in [0.15, 0.2) is 11.5 Å². The van der Waals surface area contributed by atoms with Gasteiger partial charge in [-0.05, 0) is 61.7 Å². The number of para-hydroxylation sites is 1. The molecule has 0 bridgehead atoms. The Morgan fingerprint density at radius 1 is 1.03 bits per heavy atom. The highest BCUT2D eigenvalue weighted by Crippen LogP contribution is 2.45. The van der Waals surface area contributed by atoms with Gasteiger partial charge in [0, 0.05) is 28.4 Å². The summed E-state index contributed by atoms with van der Waals surface area (Å²) in [6, 6.07) is 17.5. The number of Topliss-reactive ketones (excluding diaryl/α,β-unsaturated/α-hetero) is 1. The molecule has 1 aliphatic heterocycles. The second-order valence-corrected chi connectivity index (χ2v) is 8.98. The quantitative estimate of drug-likeness (QED) is 0.199. The van der Waals surface area contributed by atoms with Gasteiger partial charge in [0.25, 0.3) is 11.7 Å². The molecule has 188 valence electrons. The number of aliphatic hydroxyl groups is 1. The summed E-state index contributed by atoms with van der Waals surface area (Å²) >= 11 is 0. The molecule has 0 radical (unpaired) electrons. The molecule has 1 amide bonds. The number of hydrogen-bond donors (Lipinski definition) is 2. The molecular formula is C30H28N2O5. The van der Waals surface area contributed by atoms with Gasteiger partial charge in [-0.1, -0.05) is 36.4 Å². The van der Waals surface area contributed by atoms with E-state index in [0.717, 1.165) is 22.0 Å². The van der Waals surface area contributed by atoms with Crippen LogP contribution < -0.4 is 14.4 Å². The number of anilines is 1. The summed E-state index contributed by atoms with van der Waals surface area (Å²) in [6.07, 6.45) is 1.65. The van der Waals surface area contributed by atoms with Gasteiger partial charge in [0.1, 0.15) is 5.76 Å². The third-order valence-electron chi connectivity index (χ3n) is 6.93. The highest BCUT2D eigenvalue weighted by atomic mass is 16.5. The number of hydrogen-bond acceptors (Lipinski definition) is 5. The van der Waals surface area contributed by atoms with E-state index in [2.05, 4.69) is 4.98 Å². The van der Waals surface area contributed by atoms with E-state index in [1.54, 1.807) is 31.5 Å². The Morgan fingerprint density at radius 3 is 2.57 bits per heavy atom. The van der Waals surface area contributed by atoms with Crippen molar-refractivity contribution in [2.45, 2.75) is 26.8 Å². The van der Waals surface area contributed by atoms with Crippen LogP contribution in [0.2, 0.25) is 0 Å². The van der Waals surface area contributed by atoms with Crippen molar-refractivity contribution in [2.75, 3.05) is 18.6 Å². The molecule has 1 saturated heterocycles. The maximum atomic E-state index is 13.6. The zero-order chi connectivity index (χ0) is 26.3. The number of aliphatic hydroxyl groups excluding tert-OH is 1. The molecule has 5 rings (SSSR count). The largest absolute Gasteiger partial charge is 0.507 e. The van der Waals surface area contributed by atoms with Crippen LogP contribution >= 0.6 is 0 Å². The fourth-order valence-corrected chi connectivity index (χ4v) is 4.94. The molecule has 1 aliphatic rings. The van der Waals surface area contributed by atoms with Crippen LogP contribution in [-0.2, 0) is 9.59 Å². The number of ketones is 1. The number of carbonyl (C=O) groups is 2. The second kappa shape index (κ2) is 9.50. The number of H-pyrrole nitrogens is 1. The molecule has 37 heavy (non-hydrogen) atoms. The van der Waals surface area contributed by atoms with Crippen LogP contribution in [-0.4, -0.2) is 35.5 Å². The van der Waals surface area contributed by atoms with Crippen LogP contribution in [0.25, 0.3) is 16.7 Å². The lowest BCUT2D eigenvalue weighted by Gasteiger charge is -2.28. The van der Waals surface area contributed by atoms with Crippen molar-refractivity contribution in [3.8, 4) is 11.5 Å². The first-order valence-electron chi connectivity index (χ1n) is 12.1. The van der Waals surface area contributed by atoms with Crippen molar-refractivity contribution in [3.63, 3.8) is 0 Å². The topological polar surface area (TPSA) is 91.9 Å². The summed E-state index contributed by atoms with van der Waals surface area (Å²) < 4.78 is 11.2. The first-order chi connectivity index (χ1) is 17.9. The van der Waals surface area contributed by atoms with Gasteiger partial charge in [-0.3, -0.25) is 14.5 Å². The Balaban J connectivity index is 1.79. The average Bonchev–Trinajstić information content (AvgIpc) is 3.45. The first kappa shape index (κ1) is 24.2. The van der Waals surface area contributed by atoms with E-state index in [0.29, 0.717) is 34.9 Å². The average molecular weight is 497 g/mol. The summed E-state index contributed by atoms with van der Waals surface area (Å²) in [7, 11) is 1.55. The number of aromatic amines is 1. The van der Waals surface area contributed by atoms with E-state index >= 15 is 0 Å². The zero-order valence-corrected chi connectivity index (χ0v) is 21.2. The van der Waals surface area contributed by atoms with Crippen LogP contribution in [0.1, 0.15) is 35.2 Å². The predicted octanol–water partition coefficient (Wildman–Crippen LogP) is 5.82. The minimum Gasteiger partial charge on any atom is -0.507 e. The Kier molecular flexibility index (Phi) is 6.21. The number of nitrogens with zero attached hydrogens (tertiary/aromatic N) is 1. The summed E-state index contributed by atoms with van der Waals surface area (Å²) in [5, 5.41) is 12.3. The van der Waals surface area contributed by atoms with Crippen molar-refractivity contribution in [2.24, 2.45) is 0 Å². The summed E-state index contributed by atoms with van der Waals surface area (Å²) in [4.78, 5) is 31.8. The number of aromatic nitrogens is 1. The molecule has 1 unspecified atom stereocenters. The summed E-state index contributed by atoms with van der Waals surface area (Å²) in [5.74, 6) is -0.661. The van der Waals surface area contributed by atoms with Crippen LogP contribution in [0.4, 0.5) is 5.69 Å². The first-order valence-corrected chi connectivity index (χ1v) is 12.1. The molecule has 2 heterocycles. The Labute approximate surface area is 214 Å². The lowest BCUT2D eigenvalue weighted by atomic mass is 9.94. The molecule has 1 atom stereocenters. The number of carbonyl (C=O) groups excluding carboxylic acids is 2. The highest BCUT2D eigenvalue weighted by Gasteiger charge is 2.47. The molecule has 7 nitrogen and oxygen atoms in total. The Bertz CT molecular complexity index is 1570. The number of nitrogens with one attached hydrogen (secondary N) is 1.